The molecule has 1 saturated heterocycles. The molecule has 2 aliphatic heterocycles. The van der Waals surface area contributed by atoms with Crippen LogP contribution in [0.3, 0.4) is 0 Å². The van der Waals surface area contributed by atoms with Crippen molar-refractivity contribution < 1.29 is 24.2 Å². The smallest absolute Gasteiger partial charge is 0.303 e. The van der Waals surface area contributed by atoms with Gasteiger partial charge in [-0.1, -0.05) is 0 Å². The summed E-state index contributed by atoms with van der Waals surface area (Å²) in [5.41, 5.74) is 0. The largest absolute Gasteiger partial charge is 0.494 e. The van der Waals surface area contributed by atoms with E-state index in [9.17, 15) is 9.59 Å². The number of nitrogens with zero attached hydrogens (tertiary/aromatic N) is 1. The molecule has 2 rings (SSSR count). The van der Waals surface area contributed by atoms with Gasteiger partial charge in [-0.15, -0.1) is 0 Å². The van der Waals surface area contributed by atoms with E-state index >= 15 is 0 Å². The fourth-order valence-corrected chi connectivity index (χ4v) is 2.39. The lowest BCUT2D eigenvalue weighted by atomic mass is 9.92. The summed E-state index contributed by atoms with van der Waals surface area (Å²) in [5, 5.41) is 8.65. The van der Waals surface area contributed by atoms with Crippen LogP contribution in [0.4, 0.5) is 0 Å². The lowest BCUT2D eigenvalue weighted by Gasteiger charge is -2.32. The first-order valence-electron chi connectivity index (χ1n) is 6.62. The minimum Gasteiger partial charge on any atom is -0.494 e. The van der Waals surface area contributed by atoms with Crippen LogP contribution in [0.1, 0.15) is 25.7 Å². The number of hydrogen-bond acceptors (Lipinski definition) is 4. The summed E-state index contributed by atoms with van der Waals surface area (Å²) in [6.45, 7) is 2.20. The Morgan fingerprint density at radius 2 is 2.05 bits per heavy atom. The van der Waals surface area contributed by atoms with Crippen molar-refractivity contribution in [1.29, 1.82) is 0 Å². The summed E-state index contributed by atoms with van der Waals surface area (Å²) in [6, 6.07) is 0. The zero-order valence-electron chi connectivity index (χ0n) is 10.8. The number of amides is 1. The molecule has 6 heteroatoms. The first kappa shape index (κ1) is 13.7. The summed E-state index contributed by atoms with van der Waals surface area (Å²) in [6.07, 6.45) is 3.99. The second-order valence-corrected chi connectivity index (χ2v) is 4.87. The van der Waals surface area contributed by atoms with Gasteiger partial charge in [-0.3, -0.25) is 9.59 Å². The minimum absolute atomic E-state index is 0.128. The topological polar surface area (TPSA) is 76.1 Å². The second-order valence-electron chi connectivity index (χ2n) is 4.87. The number of carboxylic acids is 1. The van der Waals surface area contributed by atoms with E-state index < -0.39 is 5.97 Å². The lowest BCUT2D eigenvalue weighted by molar-refractivity contribution is -0.138. The Bertz CT molecular complexity index is 371. The predicted molar refractivity (Wildman–Crippen MR) is 66.2 cm³/mol. The van der Waals surface area contributed by atoms with Crippen molar-refractivity contribution in [3.63, 3.8) is 0 Å². The van der Waals surface area contributed by atoms with Gasteiger partial charge in [-0.25, -0.2) is 0 Å². The molecule has 0 radical (unpaired) electrons. The highest BCUT2D eigenvalue weighted by Gasteiger charge is 2.27. The molecule has 0 aromatic rings. The summed E-state index contributed by atoms with van der Waals surface area (Å²) in [5.74, 6) is -0.208. The van der Waals surface area contributed by atoms with Crippen LogP contribution in [0.25, 0.3) is 0 Å². The fraction of sp³-hybridized carbons (Fsp3) is 0.692. The molecular weight excluding hydrogens is 250 g/mol. The number of likely N-dealkylation sites (tertiary alicyclic amines) is 1. The zero-order chi connectivity index (χ0) is 13.7. The lowest BCUT2D eigenvalue weighted by Crippen LogP contribution is -2.40. The molecule has 0 spiro atoms. The molecule has 0 atom stereocenters. The molecule has 0 aliphatic carbocycles. The molecule has 106 valence electrons. The van der Waals surface area contributed by atoms with E-state index in [4.69, 9.17) is 14.6 Å². The number of hydrogen-bond donors (Lipinski definition) is 1. The van der Waals surface area contributed by atoms with Crippen molar-refractivity contribution in [2.75, 3.05) is 26.3 Å². The first-order chi connectivity index (χ1) is 9.16. The Hall–Kier alpha value is -1.72. The maximum atomic E-state index is 12.1. The van der Waals surface area contributed by atoms with Crippen LogP contribution in [0.2, 0.25) is 0 Å². The van der Waals surface area contributed by atoms with Gasteiger partial charge in [0.25, 0.3) is 5.91 Å². The number of aliphatic carboxylic acids is 1. The molecule has 1 fully saturated rings. The van der Waals surface area contributed by atoms with E-state index in [-0.39, 0.29) is 18.1 Å². The third kappa shape index (κ3) is 3.87. The van der Waals surface area contributed by atoms with Gasteiger partial charge in [0.15, 0.2) is 0 Å². The number of rotatable bonds is 4. The van der Waals surface area contributed by atoms with Gasteiger partial charge in [-0.05, 0) is 25.2 Å². The molecule has 0 unspecified atom stereocenters. The zero-order valence-corrected chi connectivity index (χ0v) is 10.8. The van der Waals surface area contributed by atoms with Crippen molar-refractivity contribution in [3.05, 3.63) is 12.0 Å². The number of carbonyl (C=O) groups is 2. The van der Waals surface area contributed by atoms with E-state index in [1.165, 1.54) is 6.26 Å². The van der Waals surface area contributed by atoms with Crippen molar-refractivity contribution >= 4 is 11.9 Å². The van der Waals surface area contributed by atoms with Crippen LogP contribution in [-0.4, -0.2) is 48.2 Å². The number of piperidine rings is 1. The van der Waals surface area contributed by atoms with Crippen LogP contribution in [0.15, 0.2) is 12.0 Å². The Balaban J connectivity index is 1.77. The normalized spacial score (nSPS) is 20.2. The Morgan fingerprint density at radius 3 is 2.63 bits per heavy atom. The monoisotopic (exact) mass is 269 g/mol. The van der Waals surface area contributed by atoms with Crippen molar-refractivity contribution in [1.82, 2.24) is 4.90 Å². The number of carboxylic acid groups (broad SMARTS) is 1. The average molecular weight is 269 g/mol. The highest BCUT2D eigenvalue weighted by Crippen LogP contribution is 2.23. The van der Waals surface area contributed by atoms with Crippen LogP contribution >= 0.6 is 0 Å². The summed E-state index contributed by atoms with van der Waals surface area (Å²) < 4.78 is 10.3. The van der Waals surface area contributed by atoms with Gasteiger partial charge >= 0.3 is 5.97 Å². The van der Waals surface area contributed by atoms with Gasteiger partial charge < -0.3 is 19.5 Å². The van der Waals surface area contributed by atoms with E-state index in [0.717, 1.165) is 12.8 Å². The SMILES string of the molecule is O=C(O)CCC1CCN(C(=O)C2=COCCO2)CC1. The molecule has 6 nitrogen and oxygen atoms in total. The maximum absolute atomic E-state index is 12.1. The molecule has 1 amide bonds. The molecule has 2 heterocycles. The highest BCUT2D eigenvalue weighted by molar-refractivity contribution is 5.91. The summed E-state index contributed by atoms with van der Waals surface area (Å²) in [7, 11) is 0. The second kappa shape index (κ2) is 6.45. The average Bonchev–Trinajstić information content (AvgIpc) is 2.46. The van der Waals surface area contributed by atoms with Crippen LogP contribution in [0.5, 0.6) is 0 Å². The van der Waals surface area contributed by atoms with Crippen molar-refractivity contribution in [3.8, 4) is 0 Å². The Morgan fingerprint density at radius 1 is 1.32 bits per heavy atom. The van der Waals surface area contributed by atoms with Gasteiger partial charge in [0, 0.05) is 19.5 Å². The predicted octanol–water partition coefficient (Wildman–Crippen LogP) is 0.978. The summed E-state index contributed by atoms with van der Waals surface area (Å²) in [4.78, 5) is 24.4. The molecule has 19 heavy (non-hydrogen) atoms. The van der Waals surface area contributed by atoms with Gasteiger partial charge in [0.1, 0.15) is 19.5 Å². The van der Waals surface area contributed by atoms with E-state index in [0.29, 0.717) is 38.6 Å². The third-order valence-electron chi connectivity index (χ3n) is 3.53. The Labute approximate surface area is 112 Å². The Kier molecular flexibility index (Phi) is 4.65. The van der Waals surface area contributed by atoms with Crippen LogP contribution in [0, 0.1) is 5.92 Å². The fourth-order valence-electron chi connectivity index (χ4n) is 2.39. The molecule has 0 aromatic heterocycles. The molecule has 0 saturated carbocycles. The number of carbonyl (C=O) groups excluding carboxylic acids is 1. The highest BCUT2D eigenvalue weighted by atomic mass is 16.6. The van der Waals surface area contributed by atoms with Crippen LogP contribution in [-0.2, 0) is 19.1 Å². The maximum Gasteiger partial charge on any atom is 0.303 e. The summed E-state index contributed by atoms with van der Waals surface area (Å²) >= 11 is 0. The van der Waals surface area contributed by atoms with E-state index in [1.807, 2.05) is 0 Å². The third-order valence-corrected chi connectivity index (χ3v) is 3.53. The molecule has 0 bridgehead atoms. The molecular formula is C13H19NO5. The first-order valence-corrected chi connectivity index (χ1v) is 6.62. The molecule has 1 N–H and O–H groups in total. The standard InChI is InChI=1S/C13H19NO5/c15-12(16)2-1-10-3-5-14(6-4-10)13(17)11-9-18-7-8-19-11/h9-10H,1-8H2,(H,15,16). The van der Waals surface area contributed by atoms with E-state index in [2.05, 4.69) is 0 Å². The molecule has 2 aliphatic rings. The van der Waals surface area contributed by atoms with Crippen LogP contribution < -0.4 is 0 Å². The minimum atomic E-state index is -0.753. The van der Waals surface area contributed by atoms with Crippen molar-refractivity contribution in [2.24, 2.45) is 5.92 Å². The number of ether oxygens (including phenoxy) is 2. The van der Waals surface area contributed by atoms with Gasteiger partial charge in [0.05, 0.1) is 0 Å². The van der Waals surface area contributed by atoms with Crippen molar-refractivity contribution in [2.45, 2.75) is 25.7 Å². The molecule has 0 aromatic carbocycles. The van der Waals surface area contributed by atoms with Gasteiger partial charge in [0.2, 0.25) is 5.76 Å². The van der Waals surface area contributed by atoms with E-state index in [1.54, 1.807) is 4.90 Å². The van der Waals surface area contributed by atoms with Gasteiger partial charge in [-0.2, -0.15) is 0 Å². The quantitative estimate of drug-likeness (QED) is 0.823.